The molecule has 3 N–H and O–H groups in total. The highest BCUT2D eigenvalue weighted by atomic mass is 127. The number of rotatable bonds is 7. The van der Waals surface area contributed by atoms with Crippen molar-refractivity contribution in [2.24, 2.45) is 10.7 Å². The van der Waals surface area contributed by atoms with Crippen LogP contribution in [0.2, 0.25) is 0 Å². The zero-order chi connectivity index (χ0) is 18.9. The molecule has 1 aliphatic rings. The molecule has 0 radical (unpaired) electrons. The number of morpholine rings is 1. The van der Waals surface area contributed by atoms with Gasteiger partial charge in [0.2, 0.25) is 0 Å². The van der Waals surface area contributed by atoms with Crippen LogP contribution in [0.5, 0.6) is 0 Å². The minimum atomic E-state index is 0. The maximum Gasteiger partial charge on any atom is 0.188 e. The fourth-order valence-electron chi connectivity index (χ4n) is 3.30. The van der Waals surface area contributed by atoms with Gasteiger partial charge in [-0.1, -0.05) is 35.9 Å². The van der Waals surface area contributed by atoms with E-state index in [-0.39, 0.29) is 30.0 Å². The second-order valence-electron chi connectivity index (χ2n) is 6.80. The number of aromatic nitrogens is 1. The number of aryl methyl sites for hydroxylation is 1. The number of ether oxygens (including phenoxy) is 1. The molecule has 7 heteroatoms. The predicted molar refractivity (Wildman–Crippen MR) is 124 cm³/mol. The third-order valence-corrected chi connectivity index (χ3v) is 4.76. The monoisotopic (exact) mass is 495 g/mol. The number of benzene rings is 1. The SMILES string of the molecule is Cc1cccc(C(CN=C(N)NCCc2ccccn2)N2CCOCC2)c1.I. The van der Waals surface area contributed by atoms with Crippen molar-refractivity contribution in [1.82, 2.24) is 15.2 Å². The topological polar surface area (TPSA) is 75.8 Å². The molecule has 0 amide bonds. The first-order chi connectivity index (χ1) is 13.2. The van der Waals surface area contributed by atoms with Crippen LogP contribution in [-0.2, 0) is 11.2 Å². The Labute approximate surface area is 184 Å². The second-order valence-corrected chi connectivity index (χ2v) is 6.80. The molecule has 1 atom stereocenters. The molecule has 1 unspecified atom stereocenters. The van der Waals surface area contributed by atoms with Gasteiger partial charge in [0.25, 0.3) is 0 Å². The molecule has 0 spiro atoms. The van der Waals surface area contributed by atoms with Crippen molar-refractivity contribution in [2.45, 2.75) is 19.4 Å². The van der Waals surface area contributed by atoms with Gasteiger partial charge in [0.05, 0.1) is 25.8 Å². The van der Waals surface area contributed by atoms with Crippen LogP contribution in [0.3, 0.4) is 0 Å². The zero-order valence-electron chi connectivity index (χ0n) is 16.4. The lowest BCUT2D eigenvalue weighted by atomic mass is 10.0. The Bertz CT molecular complexity index is 735. The Balaban J connectivity index is 0.00000280. The van der Waals surface area contributed by atoms with Crippen molar-refractivity contribution in [1.29, 1.82) is 0 Å². The van der Waals surface area contributed by atoms with Gasteiger partial charge in [0.15, 0.2) is 5.96 Å². The maximum absolute atomic E-state index is 6.10. The van der Waals surface area contributed by atoms with Crippen LogP contribution in [0.15, 0.2) is 53.7 Å². The summed E-state index contributed by atoms with van der Waals surface area (Å²) >= 11 is 0. The highest BCUT2D eigenvalue weighted by molar-refractivity contribution is 14.0. The van der Waals surface area contributed by atoms with E-state index in [2.05, 4.69) is 51.4 Å². The quantitative estimate of drug-likeness (QED) is 0.351. The Hall–Kier alpha value is -1.71. The van der Waals surface area contributed by atoms with Gasteiger partial charge in [-0.05, 0) is 24.6 Å². The highest BCUT2D eigenvalue weighted by Gasteiger charge is 2.22. The number of nitrogens with one attached hydrogen (secondary N) is 1. The lowest BCUT2D eigenvalue weighted by Crippen LogP contribution is -2.41. The Kier molecular flexibility index (Phi) is 9.66. The Morgan fingerprint density at radius 1 is 1.25 bits per heavy atom. The summed E-state index contributed by atoms with van der Waals surface area (Å²) in [5.74, 6) is 0.483. The fourth-order valence-corrected chi connectivity index (χ4v) is 3.30. The number of hydrogen-bond acceptors (Lipinski definition) is 4. The lowest BCUT2D eigenvalue weighted by molar-refractivity contribution is 0.0180. The van der Waals surface area contributed by atoms with Crippen LogP contribution >= 0.6 is 24.0 Å². The number of nitrogens with two attached hydrogens (primary N) is 1. The van der Waals surface area contributed by atoms with E-state index in [0.29, 0.717) is 12.5 Å². The fraction of sp³-hybridized carbons (Fsp3) is 0.429. The van der Waals surface area contributed by atoms with Gasteiger partial charge < -0.3 is 15.8 Å². The molecule has 0 aliphatic carbocycles. The van der Waals surface area contributed by atoms with Gasteiger partial charge in [0, 0.05) is 37.9 Å². The standard InChI is InChI=1S/C21H29N5O.HI/c1-17-5-4-6-18(15-17)20(26-11-13-27-14-12-26)16-25-21(22)24-10-8-19-7-2-3-9-23-19;/h2-7,9,15,20H,8,10-14,16H2,1H3,(H3,22,24,25);1H. The summed E-state index contributed by atoms with van der Waals surface area (Å²) < 4.78 is 5.51. The van der Waals surface area contributed by atoms with Gasteiger partial charge in [-0.15, -0.1) is 24.0 Å². The maximum atomic E-state index is 6.10. The number of hydrogen-bond donors (Lipinski definition) is 2. The summed E-state index contributed by atoms with van der Waals surface area (Å²) in [5.41, 5.74) is 9.68. The molecule has 0 bridgehead atoms. The van der Waals surface area contributed by atoms with Crippen molar-refractivity contribution >= 4 is 29.9 Å². The molecule has 2 heterocycles. The van der Waals surface area contributed by atoms with Gasteiger partial charge in [-0.3, -0.25) is 14.9 Å². The molecule has 3 rings (SSSR count). The molecule has 1 aromatic carbocycles. The van der Waals surface area contributed by atoms with Gasteiger partial charge in [-0.2, -0.15) is 0 Å². The number of aliphatic imine (C=N–C) groups is 1. The highest BCUT2D eigenvalue weighted by Crippen LogP contribution is 2.23. The molecule has 1 aliphatic heterocycles. The van der Waals surface area contributed by atoms with Crippen LogP contribution in [0, 0.1) is 6.92 Å². The van der Waals surface area contributed by atoms with Crippen molar-refractivity contribution in [2.75, 3.05) is 39.4 Å². The molecule has 152 valence electrons. The van der Waals surface area contributed by atoms with Crippen LogP contribution in [0.1, 0.15) is 22.9 Å². The van der Waals surface area contributed by atoms with Crippen LogP contribution in [0.4, 0.5) is 0 Å². The van der Waals surface area contributed by atoms with Crippen molar-refractivity contribution < 1.29 is 4.74 Å². The number of pyridine rings is 1. The van der Waals surface area contributed by atoms with Gasteiger partial charge in [0.1, 0.15) is 0 Å². The first-order valence-corrected chi connectivity index (χ1v) is 9.54. The first kappa shape index (κ1) is 22.6. The average Bonchev–Trinajstić information content (AvgIpc) is 2.70. The number of halogens is 1. The summed E-state index contributed by atoms with van der Waals surface area (Å²) in [5, 5.41) is 3.20. The molecule has 1 aromatic heterocycles. The molecule has 2 aromatic rings. The molecule has 28 heavy (non-hydrogen) atoms. The predicted octanol–water partition coefficient (Wildman–Crippen LogP) is 2.53. The van der Waals surface area contributed by atoms with E-state index < -0.39 is 0 Å². The molecular formula is C21H30IN5O. The first-order valence-electron chi connectivity index (χ1n) is 9.54. The summed E-state index contributed by atoms with van der Waals surface area (Å²) in [6, 6.07) is 14.8. The minimum absolute atomic E-state index is 0. The van der Waals surface area contributed by atoms with Crippen molar-refractivity contribution in [3.05, 3.63) is 65.5 Å². The summed E-state index contributed by atoms with van der Waals surface area (Å²) in [6.45, 7) is 6.84. The third-order valence-electron chi connectivity index (χ3n) is 4.76. The van der Waals surface area contributed by atoms with Gasteiger partial charge >= 0.3 is 0 Å². The second kappa shape index (κ2) is 12.0. The molecule has 6 nitrogen and oxygen atoms in total. The van der Waals surface area contributed by atoms with E-state index in [4.69, 9.17) is 10.5 Å². The molecule has 1 saturated heterocycles. The van der Waals surface area contributed by atoms with Crippen LogP contribution in [0.25, 0.3) is 0 Å². The molecule has 0 saturated carbocycles. The van der Waals surface area contributed by atoms with Crippen LogP contribution < -0.4 is 11.1 Å². The largest absolute Gasteiger partial charge is 0.379 e. The normalized spacial score (nSPS) is 16.2. The Morgan fingerprint density at radius 2 is 2.07 bits per heavy atom. The minimum Gasteiger partial charge on any atom is -0.379 e. The van der Waals surface area contributed by atoms with E-state index in [0.717, 1.165) is 45.0 Å². The van der Waals surface area contributed by atoms with E-state index in [1.165, 1.54) is 11.1 Å². The van der Waals surface area contributed by atoms with Crippen LogP contribution in [-0.4, -0.2) is 55.2 Å². The summed E-state index contributed by atoms with van der Waals surface area (Å²) in [4.78, 5) is 11.4. The van der Waals surface area contributed by atoms with E-state index in [9.17, 15) is 0 Å². The number of guanidine groups is 1. The molecular weight excluding hydrogens is 465 g/mol. The van der Waals surface area contributed by atoms with E-state index in [1.54, 1.807) is 0 Å². The number of nitrogens with zero attached hydrogens (tertiary/aromatic N) is 3. The lowest BCUT2D eigenvalue weighted by Gasteiger charge is -2.34. The summed E-state index contributed by atoms with van der Waals surface area (Å²) in [7, 11) is 0. The van der Waals surface area contributed by atoms with Crippen molar-refractivity contribution in [3.8, 4) is 0 Å². The van der Waals surface area contributed by atoms with Crippen molar-refractivity contribution in [3.63, 3.8) is 0 Å². The average molecular weight is 495 g/mol. The zero-order valence-corrected chi connectivity index (χ0v) is 18.7. The van der Waals surface area contributed by atoms with E-state index >= 15 is 0 Å². The van der Waals surface area contributed by atoms with E-state index in [1.807, 2.05) is 24.4 Å². The third kappa shape index (κ3) is 7.03. The molecule has 1 fully saturated rings. The summed E-state index contributed by atoms with van der Waals surface area (Å²) in [6.07, 6.45) is 2.63. The smallest absolute Gasteiger partial charge is 0.188 e. The Morgan fingerprint density at radius 3 is 2.79 bits per heavy atom. The van der Waals surface area contributed by atoms with Gasteiger partial charge in [-0.25, -0.2) is 0 Å².